The molecule has 0 aromatic carbocycles. The van der Waals surface area contributed by atoms with Crippen molar-refractivity contribution in [3.63, 3.8) is 0 Å². The third kappa shape index (κ3) is 1.42. The maximum absolute atomic E-state index is 8.13. The van der Waals surface area contributed by atoms with Crippen molar-refractivity contribution in [3.05, 3.63) is 12.2 Å². The Labute approximate surface area is 51.4 Å². The van der Waals surface area contributed by atoms with Crippen LogP contribution in [0.1, 0.15) is 5.82 Å². The van der Waals surface area contributed by atoms with E-state index in [1.165, 1.54) is 6.33 Å². The Morgan fingerprint density at radius 2 is 2.11 bits per heavy atom. The molecule has 0 unspecified atom stereocenters. The van der Waals surface area contributed by atoms with Gasteiger partial charge in [-0.05, 0) is 0 Å². The van der Waals surface area contributed by atoms with Crippen LogP contribution in [0.5, 0.6) is 0 Å². The molecule has 9 heavy (non-hydrogen) atoms. The zero-order chi connectivity index (χ0) is 6.53. The summed E-state index contributed by atoms with van der Waals surface area (Å²) in [5.41, 5.74) is 0. The van der Waals surface area contributed by atoms with Gasteiger partial charge in [-0.15, -0.1) is 20.4 Å². The van der Waals surface area contributed by atoms with Gasteiger partial charge < -0.3 is 0 Å². The van der Waals surface area contributed by atoms with Gasteiger partial charge in [0.1, 0.15) is 0 Å². The fourth-order valence-corrected chi connectivity index (χ4v) is 0.369. The lowest BCUT2D eigenvalue weighted by molar-refractivity contribution is 0.786. The molecule has 1 aromatic rings. The largest absolute Gasteiger partial charge is 0.198 e. The average Bonchev–Trinajstić information content (AvgIpc) is 1.91. The molecule has 0 fully saturated rings. The summed E-state index contributed by atoms with van der Waals surface area (Å²) >= 11 is 0. The molecule has 44 valence electrons. The van der Waals surface area contributed by atoms with Gasteiger partial charge in [0, 0.05) is 0 Å². The Kier molecular flexibility index (Phi) is 1.65. The molecule has 0 atom stereocenters. The molecular weight excluding hydrogens is 118 g/mol. The third-order valence-electron chi connectivity index (χ3n) is 0.687. The normalized spacial score (nSPS) is 8.33. The maximum atomic E-state index is 8.13. The van der Waals surface area contributed by atoms with E-state index in [0.29, 0.717) is 5.82 Å². The van der Waals surface area contributed by atoms with Gasteiger partial charge >= 0.3 is 0 Å². The van der Waals surface area contributed by atoms with Gasteiger partial charge in [0.25, 0.3) is 0 Å². The van der Waals surface area contributed by atoms with E-state index in [2.05, 4.69) is 20.4 Å². The molecule has 0 aliphatic heterocycles. The highest BCUT2D eigenvalue weighted by molar-refractivity contribution is 4.88. The van der Waals surface area contributed by atoms with E-state index >= 15 is 0 Å². The summed E-state index contributed by atoms with van der Waals surface area (Å²) in [6.07, 6.45) is 1.39. The Hall–Kier alpha value is -1.57. The van der Waals surface area contributed by atoms with Crippen LogP contribution in [-0.2, 0) is 6.42 Å². The molecule has 0 spiro atoms. The van der Waals surface area contributed by atoms with Crippen molar-refractivity contribution >= 4 is 0 Å². The molecule has 0 radical (unpaired) electrons. The molecule has 0 amide bonds. The first-order valence-electron chi connectivity index (χ1n) is 2.29. The zero-order valence-electron chi connectivity index (χ0n) is 4.52. The second-order valence-electron chi connectivity index (χ2n) is 1.30. The summed E-state index contributed by atoms with van der Waals surface area (Å²) in [5, 5.41) is 22.0. The van der Waals surface area contributed by atoms with Gasteiger partial charge in [-0.2, -0.15) is 5.26 Å². The minimum Gasteiger partial charge on any atom is -0.198 e. The number of nitrogens with zero attached hydrogens (tertiary/aromatic N) is 5. The molecule has 0 N–H and O–H groups in total. The number of hydrogen-bond acceptors (Lipinski definition) is 5. The van der Waals surface area contributed by atoms with Crippen molar-refractivity contribution in [2.45, 2.75) is 6.42 Å². The van der Waals surface area contributed by atoms with Gasteiger partial charge in [-0.3, -0.25) is 0 Å². The molecule has 0 bridgehead atoms. The lowest BCUT2D eigenvalue weighted by Gasteiger charge is -1.83. The fourth-order valence-electron chi connectivity index (χ4n) is 0.369. The Morgan fingerprint density at radius 3 is 2.67 bits per heavy atom. The molecule has 1 heterocycles. The summed E-state index contributed by atoms with van der Waals surface area (Å²) in [5.74, 6) is 0.361. The van der Waals surface area contributed by atoms with Crippen LogP contribution in [0.25, 0.3) is 0 Å². The van der Waals surface area contributed by atoms with Crippen molar-refractivity contribution in [2.75, 3.05) is 0 Å². The molecule has 0 aliphatic carbocycles. The second-order valence-corrected chi connectivity index (χ2v) is 1.30. The minimum absolute atomic E-state index is 0.167. The summed E-state index contributed by atoms with van der Waals surface area (Å²) in [6.45, 7) is 0. The van der Waals surface area contributed by atoms with Crippen LogP contribution in [0, 0.1) is 11.3 Å². The highest BCUT2D eigenvalue weighted by Gasteiger charge is 1.91. The highest BCUT2D eigenvalue weighted by Crippen LogP contribution is 1.79. The van der Waals surface area contributed by atoms with Crippen LogP contribution in [0.4, 0.5) is 0 Å². The summed E-state index contributed by atoms with van der Waals surface area (Å²) in [7, 11) is 0. The van der Waals surface area contributed by atoms with Gasteiger partial charge in [0.2, 0.25) is 0 Å². The van der Waals surface area contributed by atoms with Crippen molar-refractivity contribution in [1.82, 2.24) is 20.4 Å². The number of aromatic nitrogens is 4. The van der Waals surface area contributed by atoms with Crippen LogP contribution >= 0.6 is 0 Å². The predicted octanol–water partition coefficient (Wildman–Crippen LogP) is -0.667. The number of nitriles is 1. The molecule has 1 rings (SSSR count). The fraction of sp³-hybridized carbons (Fsp3) is 0.250. The van der Waals surface area contributed by atoms with Crippen molar-refractivity contribution in [1.29, 1.82) is 5.26 Å². The smallest absolute Gasteiger partial charge is 0.187 e. The minimum atomic E-state index is 0.167. The van der Waals surface area contributed by atoms with Crippen LogP contribution in [0.3, 0.4) is 0 Å². The SMILES string of the molecule is N#CCc1nncnn1. The standard InChI is InChI=1S/C4H3N5/c5-2-1-4-8-6-3-7-9-4/h3H,1H2. The molecule has 1 aromatic heterocycles. The predicted molar refractivity (Wildman–Crippen MR) is 26.9 cm³/mol. The van der Waals surface area contributed by atoms with Gasteiger partial charge in [0.15, 0.2) is 12.2 Å². The molecule has 5 heteroatoms. The first-order chi connectivity index (χ1) is 4.43. The maximum Gasteiger partial charge on any atom is 0.187 e. The van der Waals surface area contributed by atoms with Gasteiger partial charge in [-0.25, -0.2) is 0 Å². The van der Waals surface area contributed by atoms with Gasteiger partial charge in [0.05, 0.1) is 12.5 Å². The molecule has 0 saturated carbocycles. The van der Waals surface area contributed by atoms with E-state index in [-0.39, 0.29) is 6.42 Å². The molecular formula is C4H3N5. The van der Waals surface area contributed by atoms with Crippen molar-refractivity contribution in [3.8, 4) is 6.07 Å². The summed E-state index contributed by atoms with van der Waals surface area (Å²) in [6, 6.07) is 1.88. The van der Waals surface area contributed by atoms with E-state index in [4.69, 9.17) is 5.26 Å². The number of rotatable bonds is 1. The third-order valence-corrected chi connectivity index (χ3v) is 0.687. The average molecular weight is 121 g/mol. The lowest BCUT2D eigenvalue weighted by Crippen LogP contribution is -1.96. The molecule has 0 saturated heterocycles. The lowest BCUT2D eigenvalue weighted by atomic mass is 10.5. The topological polar surface area (TPSA) is 75.3 Å². The van der Waals surface area contributed by atoms with Gasteiger partial charge in [-0.1, -0.05) is 0 Å². The van der Waals surface area contributed by atoms with Crippen LogP contribution in [0.15, 0.2) is 6.33 Å². The molecule has 0 aliphatic rings. The Bertz CT molecular complexity index is 212. The first-order valence-corrected chi connectivity index (χ1v) is 2.29. The highest BCUT2D eigenvalue weighted by atomic mass is 15.3. The van der Waals surface area contributed by atoms with E-state index in [9.17, 15) is 0 Å². The second kappa shape index (κ2) is 2.67. The molecule has 5 nitrogen and oxygen atoms in total. The zero-order valence-corrected chi connectivity index (χ0v) is 4.52. The summed E-state index contributed by atoms with van der Waals surface area (Å²) < 4.78 is 0. The van der Waals surface area contributed by atoms with E-state index < -0.39 is 0 Å². The van der Waals surface area contributed by atoms with Crippen molar-refractivity contribution in [2.24, 2.45) is 0 Å². The first kappa shape index (κ1) is 5.56. The summed E-state index contributed by atoms with van der Waals surface area (Å²) in [4.78, 5) is 0. The van der Waals surface area contributed by atoms with E-state index in [1.807, 2.05) is 6.07 Å². The van der Waals surface area contributed by atoms with Crippen LogP contribution in [-0.4, -0.2) is 20.4 Å². The van der Waals surface area contributed by atoms with E-state index in [0.717, 1.165) is 0 Å². The Morgan fingerprint density at radius 1 is 1.44 bits per heavy atom. The Balaban J connectivity index is 2.76. The van der Waals surface area contributed by atoms with Crippen LogP contribution in [0.2, 0.25) is 0 Å². The van der Waals surface area contributed by atoms with E-state index in [1.54, 1.807) is 0 Å². The van der Waals surface area contributed by atoms with Crippen LogP contribution < -0.4 is 0 Å². The number of hydrogen-bond donors (Lipinski definition) is 0. The monoisotopic (exact) mass is 121 g/mol. The van der Waals surface area contributed by atoms with Crippen molar-refractivity contribution < 1.29 is 0 Å². The quantitative estimate of drug-likeness (QED) is 0.492.